The fraction of sp³-hybridized carbons (Fsp3) is 0.316. The van der Waals surface area contributed by atoms with Crippen molar-refractivity contribution in [3.05, 3.63) is 65.7 Å². The number of rotatable bonds is 6. The molecule has 116 valence electrons. The van der Waals surface area contributed by atoms with Crippen LogP contribution in [0.15, 0.2) is 54.6 Å². The molecular weight excluding hydrogens is 276 g/mol. The van der Waals surface area contributed by atoms with Crippen LogP contribution in [0.3, 0.4) is 0 Å². The minimum atomic E-state index is -0.237. The van der Waals surface area contributed by atoms with Crippen LogP contribution in [0, 0.1) is 5.92 Å². The molecule has 3 heteroatoms. The van der Waals surface area contributed by atoms with Gasteiger partial charge in [-0.2, -0.15) is 0 Å². The summed E-state index contributed by atoms with van der Waals surface area (Å²) in [7, 11) is 1.63. The third-order valence-electron chi connectivity index (χ3n) is 3.62. The Morgan fingerprint density at radius 2 is 1.64 bits per heavy atom. The van der Waals surface area contributed by atoms with Crippen molar-refractivity contribution in [2.75, 3.05) is 7.11 Å². The minimum Gasteiger partial charge on any atom is -0.497 e. The van der Waals surface area contributed by atoms with Gasteiger partial charge in [-0.1, -0.05) is 56.3 Å². The third kappa shape index (κ3) is 4.10. The zero-order valence-electron chi connectivity index (χ0n) is 13.3. The van der Waals surface area contributed by atoms with Crippen molar-refractivity contribution in [2.24, 2.45) is 5.92 Å². The maximum absolute atomic E-state index is 12.4. The van der Waals surface area contributed by atoms with Crippen LogP contribution in [0.5, 0.6) is 5.75 Å². The monoisotopic (exact) mass is 298 g/mol. The van der Waals surface area contributed by atoms with Crippen LogP contribution in [0.1, 0.15) is 30.9 Å². The number of hydrogen-bond donors (Lipinski definition) is 0. The second-order valence-corrected chi connectivity index (χ2v) is 5.59. The van der Waals surface area contributed by atoms with Gasteiger partial charge >= 0.3 is 5.97 Å². The van der Waals surface area contributed by atoms with Crippen LogP contribution in [-0.4, -0.2) is 13.1 Å². The molecule has 0 aliphatic carbocycles. The molecule has 2 rings (SSSR count). The molecule has 0 bridgehead atoms. The maximum atomic E-state index is 12.4. The smallest absolute Gasteiger partial charge is 0.314 e. The summed E-state index contributed by atoms with van der Waals surface area (Å²) in [5.74, 6) is 0.557. The Morgan fingerprint density at radius 3 is 2.18 bits per heavy atom. The Kier molecular flexibility index (Phi) is 5.59. The van der Waals surface area contributed by atoms with Gasteiger partial charge in [0.1, 0.15) is 12.4 Å². The molecule has 2 aromatic carbocycles. The highest BCUT2D eigenvalue weighted by molar-refractivity contribution is 5.78. The van der Waals surface area contributed by atoms with Crippen molar-refractivity contribution in [3.8, 4) is 5.75 Å². The number of methoxy groups -OCH3 is 1. The van der Waals surface area contributed by atoms with E-state index in [0.29, 0.717) is 0 Å². The first-order chi connectivity index (χ1) is 10.6. The number of ether oxygens (including phenoxy) is 2. The van der Waals surface area contributed by atoms with Crippen LogP contribution in [0.4, 0.5) is 0 Å². The predicted molar refractivity (Wildman–Crippen MR) is 86.8 cm³/mol. The molecule has 22 heavy (non-hydrogen) atoms. The SMILES string of the molecule is COc1ccc(COC(=O)[C@H](c2ccccc2)C(C)C)cc1. The zero-order valence-corrected chi connectivity index (χ0v) is 13.3. The molecule has 3 nitrogen and oxygen atoms in total. The Labute approximate surface area is 131 Å². The first kappa shape index (κ1) is 16.1. The molecule has 1 atom stereocenters. The van der Waals surface area contributed by atoms with Gasteiger partial charge in [-0.25, -0.2) is 0 Å². The summed E-state index contributed by atoms with van der Waals surface area (Å²) in [6.07, 6.45) is 0. The summed E-state index contributed by atoms with van der Waals surface area (Å²) in [5.41, 5.74) is 1.95. The highest BCUT2D eigenvalue weighted by atomic mass is 16.5. The quantitative estimate of drug-likeness (QED) is 0.751. The normalized spacial score (nSPS) is 12.0. The largest absolute Gasteiger partial charge is 0.497 e. The molecule has 0 aromatic heterocycles. The average Bonchev–Trinajstić information content (AvgIpc) is 2.54. The van der Waals surface area contributed by atoms with E-state index in [9.17, 15) is 4.79 Å². The lowest BCUT2D eigenvalue weighted by Crippen LogP contribution is -2.20. The van der Waals surface area contributed by atoms with Gasteiger partial charge in [0.15, 0.2) is 0 Å². The molecule has 0 spiro atoms. The second kappa shape index (κ2) is 7.64. The summed E-state index contributed by atoms with van der Waals surface area (Å²) in [5, 5.41) is 0. The summed E-state index contributed by atoms with van der Waals surface area (Å²) < 4.78 is 10.6. The minimum absolute atomic E-state index is 0.183. The number of esters is 1. The fourth-order valence-electron chi connectivity index (χ4n) is 2.42. The van der Waals surface area contributed by atoms with Crippen molar-refractivity contribution in [3.63, 3.8) is 0 Å². The first-order valence-electron chi connectivity index (χ1n) is 7.46. The molecule has 0 aliphatic rings. The Hall–Kier alpha value is -2.29. The molecule has 0 fully saturated rings. The summed E-state index contributed by atoms with van der Waals surface area (Å²) in [6.45, 7) is 4.34. The van der Waals surface area contributed by atoms with Crippen molar-refractivity contribution < 1.29 is 14.3 Å². The topological polar surface area (TPSA) is 35.5 Å². The Balaban J connectivity index is 2.02. The van der Waals surface area contributed by atoms with Crippen molar-refractivity contribution >= 4 is 5.97 Å². The number of benzene rings is 2. The van der Waals surface area contributed by atoms with E-state index in [4.69, 9.17) is 9.47 Å². The first-order valence-corrected chi connectivity index (χ1v) is 7.46. The molecule has 0 N–H and O–H groups in total. The van der Waals surface area contributed by atoms with Crippen molar-refractivity contribution in [1.29, 1.82) is 0 Å². The molecule has 0 radical (unpaired) electrons. The van der Waals surface area contributed by atoms with Crippen LogP contribution in [0.2, 0.25) is 0 Å². The molecule has 0 amide bonds. The zero-order chi connectivity index (χ0) is 15.9. The Morgan fingerprint density at radius 1 is 1.00 bits per heavy atom. The van der Waals surface area contributed by atoms with Gasteiger partial charge in [-0.3, -0.25) is 4.79 Å². The molecule has 0 saturated heterocycles. The Bertz CT molecular complexity index is 588. The van der Waals surface area contributed by atoms with E-state index >= 15 is 0 Å². The van der Waals surface area contributed by atoms with Gasteiger partial charge in [0.2, 0.25) is 0 Å². The van der Waals surface area contributed by atoms with Crippen LogP contribution < -0.4 is 4.74 Å². The lowest BCUT2D eigenvalue weighted by atomic mass is 9.88. The van der Waals surface area contributed by atoms with Gasteiger partial charge in [-0.05, 0) is 29.2 Å². The van der Waals surface area contributed by atoms with E-state index in [1.807, 2.05) is 68.4 Å². The van der Waals surface area contributed by atoms with E-state index in [0.717, 1.165) is 16.9 Å². The second-order valence-electron chi connectivity index (χ2n) is 5.59. The number of carbonyl (C=O) groups excluding carboxylic acids is 1. The fourth-order valence-corrected chi connectivity index (χ4v) is 2.42. The van der Waals surface area contributed by atoms with Crippen LogP contribution in [0.25, 0.3) is 0 Å². The third-order valence-corrected chi connectivity index (χ3v) is 3.62. The summed E-state index contributed by atoms with van der Waals surface area (Å²) >= 11 is 0. The standard InChI is InChI=1S/C19H22O3/c1-14(2)18(16-7-5-4-6-8-16)19(20)22-13-15-9-11-17(21-3)12-10-15/h4-12,14,18H,13H2,1-3H3/t18-/m0/s1. The van der Waals surface area contributed by atoms with E-state index in [1.165, 1.54) is 0 Å². The van der Waals surface area contributed by atoms with Gasteiger partial charge in [0.25, 0.3) is 0 Å². The van der Waals surface area contributed by atoms with Crippen molar-refractivity contribution in [2.45, 2.75) is 26.4 Å². The molecule has 2 aromatic rings. The van der Waals surface area contributed by atoms with E-state index in [1.54, 1.807) is 7.11 Å². The number of hydrogen-bond acceptors (Lipinski definition) is 3. The molecule has 0 unspecified atom stereocenters. The van der Waals surface area contributed by atoms with Gasteiger partial charge in [-0.15, -0.1) is 0 Å². The highest BCUT2D eigenvalue weighted by Gasteiger charge is 2.25. The lowest BCUT2D eigenvalue weighted by molar-refractivity contribution is -0.148. The predicted octanol–water partition coefficient (Wildman–Crippen LogP) is 4.18. The molecule has 0 aliphatic heterocycles. The molecular formula is C19H22O3. The van der Waals surface area contributed by atoms with Gasteiger partial charge in [0.05, 0.1) is 13.0 Å². The van der Waals surface area contributed by atoms with E-state index < -0.39 is 0 Å². The van der Waals surface area contributed by atoms with Crippen LogP contribution in [-0.2, 0) is 16.1 Å². The van der Waals surface area contributed by atoms with E-state index in [2.05, 4.69) is 0 Å². The van der Waals surface area contributed by atoms with Gasteiger partial charge < -0.3 is 9.47 Å². The highest BCUT2D eigenvalue weighted by Crippen LogP contribution is 2.26. The average molecular weight is 298 g/mol. The van der Waals surface area contributed by atoms with E-state index in [-0.39, 0.29) is 24.4 Å². The summed E-state index contributed by atoms with van der Waals surface area (Å²) in [4.78, 5) is 12.4. The van der Waals surface area contributed by atoms with Crippen LogP contribution >= 0.6 is 0 Å². The maximum Gasteiger partial charge on any atom is 0.314 e. The lowest BCUT2D eigenvalue weighted by Gasteiger charge is -2.20. The molecule has 0 saturated carbocycles. The van der Waals surface area contributed by atoms with Gasteiger partial charge in [0, 0.05) is 0 Å². The number of carbonyl (C=O) groups is 1. The summed E-state index contributed by atoms with van der Waals surface area (Å²) in [6, 6.07) is 17.3. The van der Waals surface area contributed by atoms with Crippen molar-refractivity contribution in [1.82, 2.24) is 0 Å². The molecule has 0 heterocycles.